The Kier molecular flexibility index (Phi) is 5.49. The lowest BCUT2D eigenvalue weighted by Gasteiger charge is -2.32. The van der Waals surface area contributed by atoms with Gasteiger partial charge in [0.05, 0.1) is 30.3 Å². The van der Waals surface area contributed by atoms with Crippen LogP contribution in [0, 0.1) is 0 Å². The largest absolute Gasteiger partial charge is 0.378 e. The molecule has 2 aliphatic heterocycles. The number of anilines is 2. The number of amides is 1. The van der Waals surface area contributed by atoms with Crippen LogP contribution in [-0.4, -0.2) is 47.2 Å². The van der Waals surface area contributed by atoms with Gasteiger partial charge >= 0.3 is 0 Å². The number of hydrogen-bond donors (Lipinski definition) is 0. The third-order valence-corrected chi connectivity index (χ3v) is 6.91. The normalized spacial score (nSPS) is 16.0. The molecule has 0 aliphatic carbocycles. The number of morpholine rings is 1. The molecule has 0 unspecified atom stereocenters. The van der Waals surface area contributed by atoms with Crippen molar-refractivity contribution in [2.45, 2.75) is 9.79 Å². The SMILES string of the molecule is O=C(CSC(=S)N1CCOCC1)N1c2ccccc2Sc2ccccc21. The standard InChI is InChI=1S/C19H18N2O2S3/c22-18(13-25-19(24)20-9-11-23-12-10-20)21-14-5-1-3-7-16(14)26-17-8-4-2-6-15(17)21/h1-8H,9-13H2. The Morgan fingerprint density at radius 2 is 1.62 bits per heavy atom. The van der Waals surface area contributed by atoms with Gasteiger partial charge in [0, 0.05) is 22.9 Å². The predicted octanol–water partition coefficient (Wildman–Crippen LogP) is 4.17. The molecule has 134 valence electrons. The number of thiocarbonyl (C=S) groups is 1. The van der Waals surface area contributed by atoms with Crippen LogP contribution in [0.15, 0.2) is 58.3 Å². The van der Waals surface area contributed by atoms with Crippen molar-refractivity contribution in [2.24, 2.45) is 0 Å². The molecule has 0 bridgehead atoms. The zero-order valence-corrected chi connectivity index (χ0v) is 16.5. The molecular weight excluding hydrogens is 384 g/mol. The van der Waals surface area contributed by atoms with Crippen LogP contribution in [0.25, 0.3) is 0 Å². The summed E-state index contributed by atoms with van der Waals surface area (Å²) in [5, 5.41) is 0. The fourth-order valence-electron chi connectivity index (χ4n) is 3.00. The van der Waals surface area contributed by atoms with E-state index >= 15 is 0 Å². The van der Waals surface area contributed by atoms with Crippen molar-refractivity contribution in [1.29, 1.82) is 0 Å². The molecule has 2 aromatic rings. The Morgan fingerprint density at radius 3 is 2.23 bits per heavy atom. The summed E-state index contributed by atoms with van der Waals surface area (Å²) >= 11 is 8.65. The molecule has 2 heterocycles. The monoisotopic (exact) mass is 402 g/mol. The van der Waals surface area contributed by atoms with E-state index in [0.29, 0.717) is 19.0 Å². The molecular formula is C19H18N2O2S3. The minimum atomic E-state index is 0.0470. The summed E-state index contributed by atoms with van der Waals surface area (Å²) in [7, 11) is 0. The first-order valence-corrected chi connectivity index (χ1v) is 10.6. The van der Waals surface area contributed by atoms with Gasteiger partial charge < -0.3 is 9.64 Å². The van der Waals surface area contributed by atoms with E-state index in [4.69, 9.17) is 17.0 Å². The number of hydrogen-bond acceptors (Lipinski definition) is 5. The zero-order chi connectivity index (χ0) is 17.9. The fourth-order valence-corrected chi connectivity index (χ4v) is 5.16. The zero-order valence-electron chi connectivity index (χ0n) is 14.1. The molecule has 0 radical (unpaired) electrons. The summed E-state index contributed by atoms with van der Waals surface area (Å²) in [4.78, 5) is 19.2. The molecule has 26 heavy (non-hydrogen) atoms. The van der Waals surface area contributed by atoms with Gasteiger partial charge in [0.15, 0.2) is 0 Å². The van der Waals surface area contributed by atoms with Crippen LogP contribution < -0.4 is 4.90 Å². The Bertz CT molecular complexity index is 792. The van der Waals surface area contributed by atoms with Crippen LogP contribution in [0.3, 0.4) is 0 Å². The summed E-state index contributed by atoms with van der Waals surface area (Å²) in [6, 6.07) is 16.1. The van der Waals surface area contributed by atoms with E-state index in [0.717, 1.165) is 38.6 Å². The second kappa shape index (κ2) is 8.00. The highest BCUT2D eigenvalue weighted by molar-refractivity contribution is 8.23. The lowest BCUT2D eigenvalue weighted by Crippen LogP contribution is -2.39. The molecule has 0 saturated carbocycles. The number of thioether (sulfide) groups is 1. The number of rotatable bonds is 2. The Labute approximate surface area is 166 Å². The van der Waals surface area contributed by atoms with Crippen LogP contribution in [0.2, 0.25) is 0 Å². The van der Waals surface area contributed by atoms with E-state index in [2.05, 4.69) is 17.0 Å². The number of nitrogens with zero attached hydrogens (tertiary/aromatic N) is 2. The second-order valence-electron chi connectivity index (χ2n) is 5.92. The van der Waals surface area contributed by atoms with Crippen molar-refractivity contribution < 1.29 is 9.53 Å². The summed E-state index contributed by atoms with van der Waals surface area (Å²) < 4.78 is 6.13. The topological polar surface area (TPSA) is 32.8 Å². The lowest BCUT2D eigenvalue weighted by molar-refractivity contribution is -0.115. The molecule has 4 rings (SSSR count). The maximum atomic E-state index is 13.1. The van der Waals surface area contributed by atoms with E-state index in [-0.39, 0.29) is 5.91 Å². The smallest absolute Gasteiger partial charge is 0.242 e. The van der Waals surface area contributed by atoms with Gasteiger partial charge in [-0.1, -0.05) is 60.0 Å². The maximum Gasteiger partial charge on any atom is 0.242 e. The van der Waals surface area contributed by atoms with Gasteiger partial charge in [0.2, 0.25) is 5.91 Å². The van der Waals surface area contributed by atoms with E-state index in [1.54, 1.807) is 11.8 Å². The Hall–Kier alpha value is -1.54. The highest BCUT2D eigenvalue weighted by atomic mass is 32.2. The average Bonchev–Trinajstić information content (AvgIpc) is 2.70. The van der Waals surface area contributed by atoms with E-state index in [1.807, 2.05) is 41.3 Å². The van der Waals surface area contributed by atoms with Crippen molar-refractivity contribution in [1.82, 2.24) is 4.90 Å². The van der Waals surface area contributed by atoms with Gasteiger partial charge in [0.25, 0.3) is 0 Å². The molecule has 2 aromatic carbocycles. The predicted molar refractivity (Wildman–Crippen MR) is 112 cm³/mol. The minimum absolute atomic E-state index is 0.0470. The first kappa shape index (κ1) is 17.9. The van der Waals surface area contributed by atoms with Crippen LogP contribution in [0.1, 0.15) is 0 Å². The molecule has 0 N–H and O–H groups in total. The number of carbonyl (C=O) groups is 1. The summed E-state index contributed by atoms with van der Waals surface area (Å²) in [5.41, 5.74) is 1.89. The number of carbonyl (C=O) groups excluding carboxylic acids is 1. The van der Waals surface area contributed by atoms with Gasteiger partial charge in [0.1, 0.15) is 4.32 Å². The number of fused-ring (bicyclic) bond motifs is 2. The van der Waals surface area contributed by atoms with Crippen molar-refractivity contribution in [3.8, 4) is 0 Å². The highest BCUT2D eigenvalue weighted by Crippen LogP contribution is 2.48. The third-order valence-electron chi connectivity index (χ3n) is 4.27. The van der Waals surface area contributed by atoms with E-state index < -0.39 is 0 Å². The molecule has 0 aromatic heterocycles. The molecule has 2 aliphatic rings. The molecule has 7 heteroatoms. The summed E-state index contributed by atoms with van der Waals surface area (Å²) in [6.45, 7) is 2.98. The third kappa shape index (κ3) is 3.62. The van der Waals surface area contributed by atoms with E-state index in [1.165, 1.54) is 11.8 Å². The summed E-state index contributed by atoms with van der Waals surface area (Å²) in [6.07, 6.45) is 0. The van der Waals surface area contributed by atoms with Crippen LogP contribution in [-0.2, 0) is 9.53 Å². The molecule has 1 amide bonds. The number of ether oxygens (including phenoxy) is 1. The van der Waals surface area contributed by atoms with Crippen molar-refractivity contribution in [2.75, 3.05) is 37.0 Å². The number of para-hydroxylation sites is 2. The van der Waals surface area contributed by atoms with Gasteiger partial charge in [-0.3, -0.25) is 9.69 Å². The second-order valence-corrected chi connectivity index (χ2v) is 8.61. The molecule has 1 saturated heterocycles. The average molecular weight is 403 g/mol. The van der Waals surface area contributed by atoms with Crippen LogP contribution in [0.5, 0.6) is 0 Å². The molecule has 1 fully saturated rings. The highest BCUT2D eigenvalue weighted by Gasteiger charge is 2.28. The Balaban J connectivity index is 1.53. The van der Waals surface area contributed by atoms with Gasteiger partial charge in [-0.25, -0.2) is 0 Å². The van der Waals surface area contributed by atoms with Crippen LogP contribution >= 0.6 is 35.7 Å². The first-order valence-electron chi connectivity index (χ1n) is 8.42. The van der Waals surface area contributed by atoms with Gasteiger partial charge in [-0.15, -0.1) is 0 Å². The molecule has 0 atom stereocenters. The van der Waals surface area contributed by atoms with Gasteiger partial charge in [-0.05, 0) is 24.3 Å². The van der Waals surface area contributed by atoms with Crippen molar-refractivity contribution in [3.05, 3.63) is 48.5 Å². The van der Waals surface area contributed by atoms with Crippen LogP contribution in [0.4, 0.5) is 11.4 Å². The maximum absolute atomic E-state index is 13.1. The van der Waals surface area contributed by atoms with E-state index in [9.17, 15) is 4.79 Å². The first-order chi connectivity index (χ1) is 12.7. The quantitative estimate of drug-likeness (QED) is 0.702. The van der Waals surface area contributed by atoms with Crippen molar-refractivity contribution >= 4 is 57.3 Å². The Morgan fingerprint density at radius 1 is 1.04 bits per heavy atom. The molecule has 0 spiro atoms. The van der Waals surface area contributed by atoms with Gasteiger partial charge in [-0.2, -0.15) is 0 Å². The number of benzene rings is 2. The molecule has 4 nitrogen and oxygen atoms in total. The fraction of sp³-hybridized carbons (Fsp3) is 0.263. The minimum Gasteiger partial charge on any atom is -0.378 e. The summed E-state index contributed by atoms with van der Waals surface area (Å²) in [5.74, 6) is 0.370. The lowest BCUT2D eigenvalue weighted by atomic mass is 10.2. The van der Waals surface area contributed by atoms with Crippen molar-refractivity contribution in [3.63, 3.8) is 0 Å².